The molecule has 1 atom stereocenters. The van der Waals surface area contributed by atoms with Gasteiger partial charge in [0.05, 0.1) is 4.91 Å². The van der Waals surface area contributed by atoms with Crippen LogP contribution in [0, 0.1) is 0 Å². The van der Waals surface area contributed by atoms with Crippen LogP contribution in [0.1, 0.15) is 16.5 Å². The third-order valence-corrected chi connectivity index (χ3v) is 5.14. The van der Waals surface area contributed by atoms with Gasteiger partial charge in [-0.1, -0.05) is 48.2 Å². The second kappa shape index (κ2) is 9.04. The maximum atomic E-state index is 12.9. The van der Waals surface area contributed by atoms with Crippen LogP contribution < -0.4 is 0 Å². The summed E-state index contributed by atoms with van der Waals surface area (Å²) in [4.78, 5) is 21.9. The normalized spacial score (nSPS) is 18.7. The zero-order chi connectivity index (χ0) is 16.9. The monoisotopic (exact) mass is 375 g/mol. The topological polar surface area (TPSA) is 36.4 Å². The van der Waals surface area contributed by atoms with Gasteiger partial charge in [-0.25, -0.2) is 0 Å². The molecule has 6 heteroatoms. The lowest BCUT2D eigenvalue weighted by Gasteiger charge is -2.24. The Morgan fingerprint density at radius 3 is 2.60 bits per heavy atom. The van der Waals surface area contributed by atoms with E-state index in [0.717, 1.165) is 22.6 Å². The smallest absolute Gasteiger partial charge is 0.261 e. The van der Waals surface area contributed by atoms with Crippen molar-refractivity contribution in [1.29, 1.82) is 0 Å². The summed E-state index contributed by atoms with van der Waals surface area (Å²) in [5.41, 5.74) is 2.11. The van der Waals surface area contributed by atoms with Crippen LogP contribution >= 0.6 is 24.2 Å². The van der Waals surface area contributed by atoms with Crippen molar-refractivity contribution in [2.75, 3.05) is 27.2 Å². The van der Waals surface area contributed by atoms with E-state index < -0.39 is 0 Å². The quantitative estimate of drug-likeness (QED) is 0.747. The Bertz CT molecular complexity index is 722. The predicted octanol–water partition coefficient (Wildman–Crippen LogP) is 3.68. The molecule has 1 amide bonds. The molecule has 1 aromatic heterocycles. The van der Waals surface area contributed by atoms with E-state index in [1.54, 1.807) is 18.0 Å². The van der Waals surface area contributed by atoms with Crippen LogP contribution in [0.5, 0.6) is 0 Å². The number of halogens is 1. The van der Waals surface area contributed by atoms with E-state index in [1.807, 2.05) is 73.7 Å². The number of pyridine rings is 1. The molecule has 0 N–H and O–H groups in total. The molecule has 0 spiro atoms. The maximum absolute atomic E-state index is 12.9. The number of benzene rings is 1. The molecule has 1 saturated heterocycles. The summed E-state index contributed by atoms with van der Waals surface area (Å²) in [5, 5.41) is -0.0129. The predicted molar refractivity (Wildman–Crippen MR) is 107 cm³/mol. The highest BCUT2D eigenvalue weighted by atomic mass is 35.5. The summed E-state index contributed by atoms with van der Waals surface area (Å²) in [6.07, 6.45) is 5.58. The first kappa shape index (κ1) is 19.5. The van der Waals surface area contributed by atoms with Crippen molar-refractivity contribution in [3.05, 3.63) is 70.9 Å². The lowest BCUT2D eigenvalue weighted by Crippen LogP contribution is -2.34. The minimum absolute atomic E-state index is 0. The largest absolute Gasteiger partial charge is 0.320 e. The minimum Gasteiger partial charge on any atom is -0.320 e. The molecule has 0 radical (unpaired) electrons. The van der Waals surface area contributed by atoms with Gasteiger partial charge in [0, 0.05) is 31.0 Å². The number of likely N-dealkylation sites (N-methyl/N-ethyl adjacent to an activating group) is 1. The SMILES string of the molecule is CN(C)CCN1C(=O)/C(=C/c2ccccc2)SC1c1cccnc1.Cl. The Balaban J connectivity index is 0.00000225. The van der Waals surface area contributed by atoms with Gasteiger partial charge in [0.1, 0.15) is 5.37 Å². The van der Waals surface area contributed by atoms with Crippen LogP contribution in [-0.4, -0.2) is 47.9 Å². The molecule has 1 aliphatic rings. The van der Waals surface area contributed by atoms with Crippen LogP contribution in [0.4, 0.5) is 0 Å². The molecule has 0 bridgehead atoms. The van der Waals surface area contributed by atoms with E-state index in [0.29, 0.717) is 6.54 Å². The van der Waals surface area contributed by atoms with Gasteiger partial charge in [-0.3, -0.25) is 9.78 Å². The fourth-order valence-corrected chi connectivity index (χ4v) is 3.84. The van der Waals surface area contributed by atoms with E-state index >= 15 is 0 Å². The lowest BCUT2D eigenvalue weighted by atomic mass is 10.2. The van der Waals surface area contributed by atoms with Crippen LogP contribution in [-0.2, 0) is 4.79 Å². The number of carbonyl (C=O) groups excluding carboxylic acids is 1. The number of carbonyl (C=O) groups is 1. The van der Waals surface area contributed by atoms with Gasteiger partial charge in [-0.15, -0.1) is 12.4 Å². The molecule has 0 aliphatic carbocycles. The van der Waals surface area contributed by atoms with Crippen molar-refractivity contribution < 1.29 is 4.79 Å². The van der Waals surface area contributed by atoms with Crippen LogP contribution in [0.2, 0.25) is 0 Å². The highest BCUT2D eigenvalue weighted by Gasteiger charge is 2.36. The Kier molecular flexibility index (Phi) is 7.05. The van der Waals surface area contributed by atoms with Gasteiger partial charge in [0.2, 0.25) is 0 Å². The summed E-state index contributed by atoms with van der Waals surface area (Å²) in [7, 11) is 4.04. The standard InChI is InChI=1S/C19H21N3OS.ClH/c1-21(2)11-12-22-18(23)17(13-15-7-4-3-5-8-15)24-19(22)16-9-6-10-20-14-16;/h3-10,13-14,19H,11-12H2,1-2H3;1H/b17-13-;. The first-order chi connectivity index (χ1) is 11.6. The average Bonchev–Trinajstić information content (AvgIpc) is 2.91. The van der Waals surface area contributed by atoms with Gasteiger partial charge in [-0.05, 0) is 31.8 Å². The van der Waals surface area contributed by atoms with Crippen LogP contribution in [0.3, 0.4) is 0 Å². The summed E-state index contributed by atoms with van der Waals surface area (Å²) in [6, 6.07) is 13.9. The van der Waals surface area contributed by atoms with Crippen molar-refractivity contribution in [2.24, 2.45) is 0 Å². The molecular formula is C19H22ClN3OS. The highest BCUT2D eigenvalue weighted by molar-refractivity contribution is 8.04. The number of nitrogens with zero attached hydrogens (tertiary/aromatic N) is 3. The second-order valence-electron chi connectivity index (χ2n) is 5.98. The molecule has 25 heavy (non-hydrogen) atoms. The summed E-state index contributed by atoms with van der Waals surface area (Å²) in [5.74, 6) is 0.0968. The third-order valence-electron chi connectivity index (χ3n) is 3.85. The zero-order valence-electron chi connectivity index (χ0n) is 14.3. The zero-order valence-corrected chi connectivity index (χ0v) is 16.0. The number of hydrogen-bond donors (Lipinski definition) is 0. The molecule has 1 aromatic carbocycles. The molecule has 0 saturated carbocycles. The van der Waals surface area contributed by atoms with E-state index in [1.165, 1.54) is 0 Å². The van der Waals surface area contributed by atoms with E-state index in [4.69, 9.17) is 0 Å². The molecule has 132 valence electrons. The minimum atomic E-state index is -0.0129. The Morgan fingerprint density at radius 1 is 1.20 bits per heavy atom. The van der Waals surface area contributed by atoms with Gasteiger partial charge >= 0.3 is 0 Å². The molecule has 1 aliphatic heterocycles. The fraction of sp³-hybridized carbons (Fsp3) is 0.263. The van der Waals surface area contributed by atoms with Gasteiger partial charge in [-0.2, -0.15) is 0 Å². The number of amides is 1. The maximum Gasteiger partial charge on any atom is 0.261 e. The Morgan fingerprint density at radius 2 is 1.96 bits per heavy atom. The molecule has 2 aromatic rings. The van der Waals surface area contributed by atoms with Crippen molar-refractivity contribution in [3.8, 4) is 0 Å². The van der Waals surface area contributed by atoms with Crippen molar-refractivity contribution >= 4 is 36.2 Å². The summed E-state index contributed by atoms with van der Waals surface area (Å²) in [6.45, 7) is 1.53. The summed E-state index contributed by atoms with van der Waals surface area (Å²) >= 11 is 1.61. The Hall–Kier alpha value is -1.82. The molecule has 1 fully saturated rings. The molecular weight excluding hydrogens is 354 g/mol. The Labute approximate surface area is 159 Å². The number of rotatable bonds is 5. The van der Waals surface area contributed by atoms with Gasteiger partial charge in [0.25, 0.3) is 5.91 Å². The number of thioether (sulfide) groups is 1. The summed E-state index contributed by atoms with van der Waals surface area (Å²) < 4.78 is 0. The third kappa shape index (κ3) is 4.84. The van der Waals surface area contributed by atoms with Crippen molar-refractivity contribution in [3.63, 3.8) is 0 Å². The molecule has 2 heterocycles. The fourth-order valence-electron chi connectivity index (χ4n) is 2.58. The van der Waals surface area contributed by atoms with Crippen LogP contribution in [0.15, 0.2) is 59.8 Å². The van der Waals surface area contributed by atoms with E-state index in [2.05, 4.69) is 9.88 Å². The average molecular weight is 376 g/mol. The van der Waals surface area contributed by atoms with E-state index in [9.17, 15) is 4.79 Å². The first-order valence-corrected chi connectivity index (χ1v) is 8.82. The van der Waals surface area contributed by atoms with Gasteiger partial charge in [0.15, 0.2) is 0 Å². The van der Waals surface area contributed by atoms with Crippen molar-refractivity contribution in [2.45, 2.75) is 5.37 Å². The molecule has 1 unspecified atom stereocenters. The number of hydrogen-bond acceptors (Lipinski definition) is 4. The number of aromatic nitrogens is 1. The molecule has 4 nitrogen and oxygen atoms in total. The lowest BCUT2D eigenvalue weighted by molar-refractivity contribution is -0.126. The van der Waals surface area contributed by atoms with Gasteiger partial charge < -0.3 is 9.80 Å². The van der Waals surface area contributed by atoms with Crippen LogP contribution in [0.25, 0.3) is 6.08 Å². The highest BCUT2D eigenvalue weighted by Crippen LogP contribution is 2.45. The second-order valence-corrected chi connectivity index (χ2v) is 7.10. The van der Waals surface area contributed by atoms with Crippen molar-refractivity contribution in [1.82, 2.24) is 14.8 Å². The van der Waals surface area contributed by atoms with E-state index in [-0.39, 0.29) is 23.7 Å². The molecule has 3 rings (SSSR count). The first-order valence-electron chi connectivity index (χ1n) is 7.94.